The average molecular weight is 904 g/mol. The van der Waals surface area contributed by atoms with Crippen molar-refractivity contribution in [3.63, 3.8) is 0 Å². The molecule has 274 valence electrons. The molecule has 0 saturated heterocycles. The van der Waals surface area contributed by atoms with Crippen LogP contribution in [0.3, 0.4) is 0 Å². The number of hydrogen-bond donors (Lipinski definition) is 9. The summed E-state index contributed by atoms with van der Waals surface area (Å²) in [5.74, 6) is -1.87. The van der Waals surface area contributed by atoms with Crippen molar-refractivity contribution in [2.24, 2.45) is 32.5 Å². The standard InChI is InChI=1S/3C10H11N3O3S.Nd/c3*11-10(17)13-12-5-7-3-1-2-4-8(7)16-6-9(14)15;/h3*1-5H,6H2,(H,14,15)(H3,11,13,17);/b3*12-5+;. The van der Waals surface area contributed by atoms with Crippen molar-refractivity contribution in [2.45, 2.75) is 0 Å². The topological polar surface area (TPSA) is 291 Å². The fraction of sp³-hybridized carbons (Fsp3) is 0.100. The van der Waals surface area contributed by atoms with E-state index in [1.165, 1.54) is 18.6 Å². The summed E-state index contributed by atoms with van der Waals surface area (Å²) in [6, 6.07) is 20.6. The number of hydrogen-bond acceptors (Lipinski definition) is 12. The second-order valence-corrected chi connectivity index (χ2v) is 10.2. The van der Waals surface area contributed by atoms with Crippen LogP contribution in [0.25, 0.3) is 0 Å². The molecule has 3 aromatic carbocycles. The quantitative estimate of drug-likeness (QED) is 0.0583. The van der Waals surface area contributed by atoms with E-state index in [9.17, 15) is 14.4 Å². The summed E-state index contributed by atoms with van der Waals surface area (Å²) in [5, 5.41) is 36.9. The van der Waals surface area contributed by atoms with Gasteiger partial charge in [-0.15, -0.1) is 0 Å². The number of carboxylic acids is 3. The maximum absolute atomic E-state index is 10.4. The molecule has 0 radical (unpaired) electrons. The molecule has 0 aromatic heterocycles. The van der Waals surface area contributed by atoms with Gasteiger partial charge in [-0.05, 0) is 73.1 Å². The average Bonchev–Trinajstić information content (AvgIpc) is 3.07. The summed E-state index contributed by atoms with van der Waals surface area (Å²) in [4.78, 5) is 31.1. The van der Waals surface area contributed by atoms with E-state index in [2.05, 4.69) is 68.2 Å². The Hall–Kier alpha value is -5.10. The third kappa shape index (κ3) is 23.3. The van der Waals surface area contributed by atoms with Gasteiger partial charge in [0.25, 0.3) is 0 Å². The molecule has 22 heteroatoms. The van der Waals surface area contributed by atoms with Crippen molar-refractivity contribution in [3.8, 4) is 17.2 Å². The van der Waals surface area contributed by atoms with Crippen LogP contribution in [-0.4, -0.2) is 87.0 Å². The number of aliphatic carboxylic acids is 3. The van der Waals surface area contributed by atoms with E-state index in [-0.39, 0.29) is 56.2 Å². The molecule has 3 rings (SSSR count). The van der Waals surface area contributed by atoms with Crippen molar-refractivity contribution < 1.29 is 84.8 Å². The van der Waals surface area contributed by atoms with Gasteiger partial charge in [-0.25, -0.2) is 14.4 Å². The first-order chi connectivity index (χ1) is 24.3. The van der Waals surface area contributed by atoms with Crippen molar-refractivity contribution in [1.29, 1.82) is 0 Å². The summed E-state index contributed by atoms with van der Waals surface area (Å²) in [6.45, 7) is -1.23. The zero-order chi connectivity index (χ0) is 38.0. The van der Waals surface area contributed by atoms with E-state index in [1.54, 1.807) is 72.8 Å². The van der Waals surface area contributed by atoms with Gasteiger partial charge in [0.05, 0.1) is 18.6 Å². The summed E-state index contributed by atoms with van der Waals surface area (Å²) >= 11 is 13.7. The smallest absolute Gasteiger partial charge is 0.341 e. The molecule has 0 fully saturated rings. The van der Waals surface area contributed by atoms with Gasteiger partial charge in [-0.3, -0.25) is 16.3 Å². The molecular weight excluding hydrogens is 871 g/mol. The summed E-state index contributed by atoms with van der Waals surface area (Å²) in [5.41, 5.74) is 24.6. The number of benzene rings is 3. The molecule has 0 aliphatic rings. The van der Waals surface area contributed by atoms with Crippen molar-refractivity contribution in [2.75, 3.05) is 19.8 Å². The van der Waals surface area contributed by atoms with Gasteiger partial charge < -0.3 is 46.7 Å². The number of carboxylic acid groups (broad SMARTS) is 3. The Labute approximate surface area is 346 Å². The van der Waals surface area contributed by atoms with Crippen molar-refractivity contribution in [3.05, 3.63) is 89.5 Å². The van der Waals surface area contributed by atoms with Crippen LogP contribution in [0.2, 0.25) is 0 Å². The minimum absolute atomic E-state index is 0. The Morgan fingerprint density at radius 1 is 0.538 bits per heavy atom. The monoisotopic (exact) mass is 901 g/mol. The van der Waals surface area contributed by atoms with Gasteiger partial charge in [-0.1, -0.05) is 36.4 Å². The van der Waals surface area contributed by atoms with Crippen LogP contribution < -0.4 is 47.7 Å². The maximum Gasteiger partial charge on any atom is 0.341 e. The van der Waals surface area contributed by atoms with Crippen LogP contribution in [0.1, 0.15) is 16.7 Å². The second kappa shape index (κ2) is 27.6. The van der Waals surface area contributed by atoms with Crippen LogP contribution in [0.15, 0.2) is 88.1 Å². The van der Waals surface area contributed by atoms with Gasteiger partial charge in [0, 0.05) is 57.5 Å². The predicted octanol–water partition coefficient (Wildman–Crippen LogP) is 0.951. The number of nitrogens with two attached hydrogens (primary N) is 3. The number of carbonyl (C=O) groups is 3. The molecule has 0 saturated carbocycles. The van der Waals surface area contributed by atoms with Crippen LogP contribution in [0, 0.1) is 40.8 Å². The van der Waals surface area contributed by atoms with E-state index in [0.717, 1.165) is 0 Å². The minimum Gasteiger partial charge on any atom is -0.481 e. The van der Waals surface area contributed by atoms with E-state index in [4.69, 9.17) is 46.7 Å². The van der Waals surface area contributed by atoms with E-state index in [1.807, 2.05) is 0 Å². The Bertz CT molecular complexity index is 1550. The fourth-order valence-electron chi connectivity index (χ4n) is 3.07. The van der Waals surface area contributed by atoms with Gasteiger partial charge in [0.1, 0.15) is 17.2 Å². The molecule has 0 amide bonds. The number of nitrogens with zero attached hydrogens (tertiary/aromatic N) is 3. The van der Waals surface area contributed by atoms with E-state index < -0.39 is 37.7 Å². The largest absolute Gasteiger partial charge is 0.481 e. The number of rotatable bonds is 15. The van der Waals surface area contributed by atoms with Gasteiger partial charge >= 0.3 is 17.9 Å². The first-order valence-corrected chi connectivity index (χ1v) is 15.1. The number of ether oxygens (including phenoxy) is 3. The van der Waals surface area contributed by atoms with Gasteiger partial charge in [0.15, 0.2) is 35.2 Å². The summed E-state index contributed by atoms with van der Waals surface area (Å²) < 4.78 is 15.2. The minimum atomic E-state index is -1.04. The van der Waals surface area contributed by atoms with Crippen LogP contribution in [0.4, 0.5) is 0 Å². The number of hydrazone groups is 3. The van der Waals surface area contributed by atoms with Gasteiger partial charge in [0.2, 0.25) is 0 Å². The first kappa shape index (κ1) is 46.9. The molecular formula is C30H33N9NdO9S3. The van der Waals surface area contributed by atoms with Crippen molar-refractivity contribution in [1.82, 2.24) is 16.3 Å². The molecule has 0 spiro atoms. The Kier molecular flexibility index (Phi) is 24.9. The third-order valence-electron chi connectivity index (χ3n) is 4.95. The SMILES string of the molecule is NC(=S)N/N=C/c1ccccc1OCC(=O)O.NC(=S)N/N=C/c1ccccc1OCC(=O)O.NC(=S)N/N=C/c1ccccc1OCC(=O)O.[Nd]. The first-order valence-electron chi connectivity index (χ1n) is 13.8. The van der Waals surface area contributed by atoms with Crippen LogP contribution in [0.5, 0.6) is 17.2 Å². The molecule has 52 heavy (non-hydrogen) atoms. The fourth-order valence-corrected chi connectivity index (χ4v) is 3.23. The molecule has 0 heterocycles. The van der Waals surface area contributed by atoms with Crippen LogP contribution in [-0.2, 0) is 14.4 Å². The number of para-hydroxylation sites is 3. The third-order valence-corrected chi connectivity index (χ3v) is 5.22. The molecule has 0 atom stereocenters. The second-order valence-electron chi connectivity index (χ2n) is 8.86. The maximum atomic E-state index is 10.4. The predicted molar refractivity (Wildman–Crippen MR) is 201 cm³/mol. The zero-order valence-electron chi connectivity index (χ0n) is 26.9. The van der Waals surface area contributed by atoms with Gasteiger partial charge in [-0.2, -0.15) is 15.3 Å². The molecule has 18 nitrogen and oxygen atoms in total. The Morgan fingerprint density at radius 3 is 0.981 bits per heavy atom. The number of thiocarbonyl (C=S) groups is 3. The molecule has 0 bridgehead atoms. The summed E-state index contributed by atoms with van der Waals surface area (Å²) in [7, 11) is 0. The molecule has 0 aliphatic heterocycles. The molecule has 3 aromatic rings. The zero-order valence-corrected chi connectivity index (χ0v) is 32.5. The van der Waals surface area contributed by atoms with E-state index >= 15 is 0 Å². The molecule has 0 unspecified atom stereocenters. The normalized spacial score (nSPS) is 9.92. The molecule has 12 N–H and O–H groups in total. The Morgan fingerprint density at radius 2 is 0.769 bits per heavy atom. The summed E-state index contributed by atoms with van der Waals surface area (Å²) in [6.07, 6.45) is 4.32. The van der Waals surface area contributed by atoms with Crippen molar-refractivity contribution >= 4 is 88.5 Å². The number of nitrogens with one attached hydrogen (secondary N) is 3. The Balaban J connectivity index is 0.000000743. The van der Waals surface area contributed by atoms with Crippen LogP contribution >= 0.6 is 36.7 Å². The van der Waals surface area contributed by atoms with E-state index in [0.29, 0.717) is 33.9 Å². The molecule has 0 aliphatic carbocycles.